The summed E-state index contributed by atoms with van der Waals surface area (Å²) in [6.07, 6.45) is 3.46. The first-order valence-corrected chi connectivity index (χ1v) is 7.28. The largest absolute Gasteiger partial charge is 0.464 e. The molecule has 0 unspecified atom stereocenters. The molecule has 7 heteroatoms. The lowest BCUT2D eigenvalue weighted by Crippen LogP contribution is -2.51. The van der Waals surface area contributed by atoms with Crippen molar-refractivity contribution in [3.8, 4) is 17.0 Å². The maximum atomic E-state index is 14.3. The first-order valence-electron chi connectivity index (χ1n) is 7.28. The maximum absolute atomic E-state index is 14.3. The highest BCUT2D eigenvalue weighted by molar-refractivity contribution is 5.64. The highest BCUT2D eigenvalue weighted by Gasteiger charge is 2.37. The van der Waals surface area contributed by atoms with Crippen molar-refractivity contribution in [2.45, 2.75) is 19.4 Å². The average molecular weight is 314 g/mol. The van der Waals surface area contributed by atoms with Crippen LogP contribution in [0.15, 0.2) is 30.6 Å². The molecule has 0 aromatic carbocycles. The number of hydrogen-bond donors (Lipinski definition) is 0. The van der Waals surface area contributed by atoms with Crippen molar-refractivity contribution >= 4 is 5.65 Å². The van der Waals surface area contributed by atoms with Crippen molar-refractivity contribution in [3.05, 3.63) is 42.2 Å². The van der Waals surface area contributed by atoms with Crippen molar-refractivity contribution < 1.29 is 13.9 Å². The number of aromatic nitrogens is 4. The molecule has 0 amide bonds. The smallest absolute Gasteiger partial charge is 0.251 e. The third-order valence-electron chi connectivity index (χ3n) is 3.87. The molecule has 3 aromatic rings. The number of halogens is 1. The summed E-state index contributed by atoms with van der Waals surface area (Å²) >= 11 is 0. The van der Waals surface area contributed by atoms with Gasteiger partial charge in [-0.2, -0.15) is 0 Å². The molecule has 4 heterocycles. The number of fused-ring (bicyclic) bond motifs is 1. The van der Waals surface area contributed by atoms with Gasteiger partial charge in [-0.15, -0.1) is 10.2 Å². The van der Waals surface area contributed by atoms with Crippen LogP contribution in [-0.2, 0) is 4.74 Å². The number of nitrogens with zero attached hydrogens (tertiary/aromatic N) is 4. The van der Waals surface area contributed by atoms with Crippen molar-refractivity contribution in [2.24, 2.45) is 0 Å². The van der Waals surface area contributed by atoms with Crippen LogP contribution >= 0.6 is 0 Å². The Morgan fingerprint density at radius 2 is 2.09 bits per heavy atom. The number of pyridine rings is 2. The molecule has 0 atom stereocenters. The van der Waals surface area contributed by atoms with Gasteiger partial charge >= 0.3 is 0 Å². The Morgan fingerprint density at radius 3 is 2.78 bits per heavy atom. The van der Waals surface area contributed by atoms with E-state index in [-0.39, 0.29) is 5.88 Å². The topological polar surface area (TPSA) is 61.5 Å². The quantitative estimate of drug-likeness (QED) is 0.743. The first-order chi connectivity index (χ1) is 11.0. The van der Waals surface area contributed by atoms with Crippen molar-refractivity contribution in [1.82, 2.24) is 19.6 Å². The first kappa shape index (κ1) is 14.1. The molecule has 23 heavy (non-hydrogen) atoms. The Bertz CT molecular complexity index is 889. The summed E-state index contributed by atoms with van der Waals surface area (Å²) in [5, 5.41) is 8.04. The second-order valence-electron chi connectivity index (χ2n) is 5.95. The van der Waals surface area contributed by atoms with Crippen LogP contribution in [0.2, 0.25) is 0 Å². The Kier molecular flexibility index (Phi) is 3.05. The van der Waals surface area contributed by atoms with Crippen LogP contribution in [0.3, 0.4) is 0 Å². The van der Waals surface area contributed by atoms with Gasteiger partial charge in [0, 0.05) is 23.5 Å². The molecule has 0 aliphatic carbocycles. The monoisotopic (exact) mass is 314 g/mol. The summed E-state index contributed by atoms with van der Waals surface area (Å²) in [5.74, 6) is 0.283. The van der Waals surface area contributed by atoms with Crippen LogP contribution in [0, 0.1) is 12.7 Å². The molecule has 118 valence electrons. The summed E-state index contributed by atoms with van der Waals surface area (Å²) in [4.78, 5) is 4.12. The number of ether oxygens (including phenoxy) is 2. The molecule has 1 saturated heterocycles. The number of hydrogen-bond acceptors (Lipinski definition) is 5. The van der Waals surface area contributed by atoms with Crippen LogP contribution in [0.1, 0.15) is 12.7 Å². The van der Waals surface area contributed by atoms with E-state index in [4.69, 9.17) is 9.47 Å². The van der Waals surface area contributed by atoms with Gasteiger partial charge < -0.3 is 9.47 Å². The third kappa shape index (κ3) is 2.43. The lowest BCUT2D eigenvalue weighted by atomic mass is 10.1. The zero-order valence-electron chi connectivity index (χ0n) is 12.8. The van der Waals surface area contributed by atoms with E-state index in [1.165, 1.54) is 6.07 Å². The maximum Gasteiger partial charge on any atom is 0.251 e. The Morgan fingerprint density at radius 1 is 1.26 bits per heavy atom. The Hall–Kier alpha value is -2.54. The number of aryl methyl sites for hydroxylation is 1. The zero-order valence-corrected chi connectivity index (χ0v) is 12.8. The van der Waals surface area contributed by atoms with Crippen LogP contribution in [0.5, 0.6) is 5.88 Å². The van der Waals surface area contributed by atoms with Gasteiger partial charge in [-0.25, -0.2) is 9.37 Å². The predicted octanol–water partition coefficient (Wildman–Crippen LogP) is 2.41. The minimum atomic E-state index is -0.492. The molecule has 0 spiro atoms. The fourth-order valence-corrected chi connectivity index (χ4v) is 2.52. The summed E-state index contributed by atoms with van der Waals surface area (Å²) in [7, 11) is 0. The molecule has 0 bridgehead atoms. The zero-order chi connectivity index (χ0) is 16.0. The number of rotatable bonds is 3. The molecular formula is C16H15FN4O2. The van der Waals surface area contributed by atoms with E-state index in [1.807, 2.05) is 36.6 Å². The molecule has 1 fully saturated rings. The van der Waals surface area contributed by atoms with E-state index < -0.39 is 11.4 Å². The second-order valence-corrected chi connectivity index (χ2v) is 5.95. The third-order valence-corrected chi connectivity index (χ3v) is 3.87. The standard InChI is InChI=1S/C16H15FN4O2/c1-10-19-20-14-4-3-11(7-21(10)14)12-5-13(17)15(18-6-12)23-16(2)8-22-9-16/h3-7H,8-9H2,1-2H3. The van der Waals surface area contributed by atoms with E-state index in [0.717, 1.165) is 17.0 Å². The average Bonchev–Trinajstić information content (AvgIpc) is 2.88. The summed E-state index contributed by atoms with van der Waals surface area (Å²) < 4.78 is 26.8. The van der Waals surface area contributed by atoms with Crippen molar-refractivity contribution in [1.29, 1.82) is 0 Å². The fraction of sp³-hybridized carbons (Fsp3) is 0.312. The van der Waals surface area contributed by atoms with Gasteiger partial charge in [0.05, 0.1) is 13.2 Å². The van der Waals surface area contributed by atoms with E-state index >= 15 is 0 Å². The molecule has 0 radical (unpaired) electrons. The van der Waals surface area contributed by atoms with E-state index in [1.54, 1.807) is 6.20 Å². The Balaban J connectivity index is 1.68. The van der Waals surface area contributed by atoms with Gasteiger partial charge in [0.15, 0.2) is 17.1 Å². The predicted molar refractivity (Wildman–Crippen MR) is 80.8 cm³/mol. The van der Waals surface area contributed by atoms with Crippen LogP contribution < -0.4 is 4.74 Å². The molecule has 4 rings (SSSR count). The fourth-order valence-electron chi connectivity index (χ4n) is 2.52. The highest BCUT2D eigenvalue weighted by Crippen LogP contribution is 2.28. The SMILES string of the molecule is Cc1nnc2ccc(-c3cnc(OC4(C)COC4)c(F)c3)cn12. The van der Waals surface area contributed by atoms with Gasteiger partial charge in [0.1, 0.15) is 5.82 Å². The van der Waals surface area contributed by atoms with Gasteiger partial charge in [-0.05, 0) is 32.0 Å². The van der Waals surface area contributed by atoms with Crippen molar-refractivity contribution in [2.75, 3.05) is 13.2 Å². The van der Waals surface area contributed by atoms with Gasteiger partial charge in [0.2, 0.25) is 0 Å². The van der Waals surface area contributed by atoms with E-state index in [9.17, 15) is 4.39 Å². The van der Waals surface area contributed by atoms with Gasteiger partial charge in [-0.1, -0.05) is 0 Å². The highest BCUT2D eigenvalue weighted by atomic mass is 19.1. The van der Waals surface area contributed by atoms with Gasteiger partial charge in [0.25, 0.3) is 5.88 Å². The molecule has 6 nitrogen and oxygen atoms in total. The van der Waals surface area contributed by atoms with Crippen LogP contribution in [0.25, 0.3) is 16.8 Å². The summed E-state index contributed by atoms with van der Waals surface area (Å²) in [6, 6.07) is 5.12. The summed E-state index contributed by atoms with van der Waals surface area (Å²) in [5.41, 5.74) is 1.75. The molecule has 0 saturated carbocycles. The molecule has 3 aromatic heterocycles. The molecule has 1 aliphatic rings. The van der Waals surface area contributed by atoms with Crippen LogP contribution in [-0.4, -0.2) is 38.4 Å². The lowest BCUT2D eigenvalue weighted by molar-refractivity contribution is -0.152. The Labute approximate surface area is 131 Å². The van der Waals surface area contributed by atoms with Crippen LogP contribution in [0.4, 0.5) is 4.39 Å². The van der Waals surface area contributed by atoms with E-state index in [0.29, 0.717) is 18.8 Å². The van der Waals surface area contributed by atoms with E-state index in [2.05, 4.69) is 15.2 Å². The molecular weight excluding hydrogens is 299 g/mol. The molecule has 1 aliphatic heterocycles. The minimum Gasteiger partial charge on any atom is -0.464 e. The lowest BCUT2D eigenvalue weighted by Gasteiger charge is -2.37. The molecule has 0 N–H and O–H groups in total. The second kappa shape index (κ2) is 4.99. The normalized spacial score (nSPS) is 16.3. The van der Waals surface area contributed by atoms with Crippen molar-refractivity contribution in [3.63, 3.8) is 0 Å². The minimum absolute atomic E-state index is 0.00102. The van der Waals surface area contributed by atoms with Gasteiger partial charge in [-0.3, -0.25) is 4.40 Å². The summed E-state index contributed by atoms with van der Waals surface area (Å²) in [6.45, 7) is 4.62.